The Kier molecular flexibility index (Phi) is 3.94. The van der Waals surface area contributed by atoms with Crippen LogP contribution < -0.4 is 10.5 Å². The molecule has 5 nitrogen and oxygen atoms in total. The largest absolute Gasteiger partial charge is 0.494 e. The van der Waals surface area contributed by atoms with Gasteiger partial charge in [-0.3, -0.25) is 0 Å². The third-order valence-corrected chi connectivity index (χ3v) is 6.22. The van der Waals surface area contributed by atoms with Crippen LogP contribution >= 0.6 is 0 Å². The van der Waals surface area contributed by atoms with Gasteiger partial charge < -0.3 is 10.5 Å². The van der Waals surface area contributed by atoms with Crippen molar-refractivity contribution in [3.8, 4) is 5.75 Å². The lowest BCUT2D eigenvalue weighted by Crippen LogP contribution is -2.32. The van der Waals surface area contributed by atoms with Gasteiger partial charge in [-0.2, -0.15) is 4.31 Å². The Labute approximate surface area is 126 Å². The van der Waals surface area contributed by atoms with Crippen LogP contribution in [0.1, 0.15) is 19.8 Å². The summed E-state index contributed by atoms with van der Waals surface area (Å²) in [4.78, 5) is 0.314. The van der Waals surface area contributed by atoms with Crippen molar-refractivity contribution in [3.05, 3.63) is 24.3 Å². The van der Waals surface area contributed by atoms with Crippen molar-refractivity contribution in [3.63, 3.8) is 0 Å². The van der Waals surface area contributed by atoms with Gasteiger partial charge in [0.2, 0.25) is 10.0 Å². The van der Waals surface area contributed by atoms with Gasteiger partial charge in [0.25, 0.3) is 0 Å². The summed E-state index contributed by atoms with van der Waals surface area (Å²) >= 11 is 0. The van der Waals surface area contributed by atoms with E-state index in [2.05, 4.69) is 0 Å². The molecule has 1 heterocycles. The highest BCUT2D eigenvalue weighted by molar-refractivity contribution is 7.89. The lowest BCUT2D eigenvalue weighted by Gasteiger charge is -2.16. The predicted octanol–water partition coefficient (Wildman–Crippen LogP) is 1.44. The standard InChI is InChI=1S/C15H22N2O3S/c1-2-20-12-5-7-13(8-6-12)21(18,19)17-9-14(11-3-4-11)15(16)10-17/h5-8,11,14-15H,2-4,9-10,16H2,1H3/t14-,15+/m1/s1. The fourth-order valence-corrected chi connectivity index (χ4v) is 4.57. The Hall–Kier alpha value is -1.11. The lowest BCUT2D eigenvalue weighted by molar-refractivity contribution is 0.340. The summed E-state index contributed by atoms with van der Waals surface area (Å²) in [7, 11) is -3.44. The van der Waals surface area contributed by atoms with Crippen LogP contribution in [-0.2, 0) is 10.0 Å². The van der Waals surface area contributed by atoms with Crippen LogP contribution in [0.3, 0.4) is 0 Å². The molecule has 2 fully saturated rings. The molecular formula is C15H22N2O3S. The second kappa shape index (κ2) is 5.59. The fraction of sp³-hybridized carbons (Fsp3) is 0.600. The minimum absolute atomic E-state index is 0.0324. The second-order valence-corrected chi connectivity index (χ2v) is 7.83. The first-order valence-electron chi connectivity index (χ1n) is 7.51. The minimum Gasteiger partial charge on any atom is -0.494 e. The highest BCUT2D eigenvalue weighted by Crippen LogP contribution is 2.41. The number of sulfonamides is 1. The molecule has 1 saturated carbocycles. The maximum absolute atomic E-state index is 12.7. The van der Waals surface area contributed by atoms with E-state index in [9.17, 15) is 8.42 Å². The first kappa shape index (κ1) is 14.8. The Morgan fingerprint density at radius 3 is 2.48 bits per heavy atom. The SMILES string of the molecule is CCOc1ccc(S(=O)(=O)N2C[C@H](C3CC3)[C@@H](N)C2)cc1. The van der Waals surface area contributed by atoms with Gasteiger partial charge in [0.15, 0.2) is 0 Å². The van der Waals surface area contributed by atoms with E-state index in [-0.39, 0.29) is 6.04 Å². The van der Waals surface area contributed by atoms with Crippen LogP contribution in [0.25, 0.3) is 0 Å². The molecule has 1 aromatic rings. The van der Waals surface area contributed by atoms with Crippen molar-refractivity contribution >= 4 is 10.0 Å². The third kappa shape index (κ3) is 2.93. The number of nitrogens with zero attached hydrogens (tertiary/aromatic N) is 1. The zero-order valence-corrected chi connectivity index (χ0v) is 13.1. The summed E-state index contributed by atoms with van der Waals surface area (Å²) in [5, 5.41) is 0. The number of ether oxygens (including phenoxy) is 1. The normalized spacial score (nSPS) is 27.0. The lowest BCUT2D eigenvalue weighted by atomic mass is 9.99. The quantitative estimate of drug-likeness (QED) is 0.893. The zero-order chi connectivity index (χ0) is 15.0. The van der Waals surface area contributed by atoms with Gasteiger partial charge in [-0.05, 0) is 55.9 Å². The average molecular weight is 310 g/mol. The molecule has 0 bridgehead atoms. The molecule has 2 N–H and O–H groups in total. The number of hydrogen-bond donors (Lipinski definition) is 1. The summed E-state index contributed by atoms with van der Waals surface area (Å²) in [6, 6.07) is 6.58. The Bertz CT molecular complexity index is 596. The van der Waals surface area contributed by atoms with Gasteiger partial charge >= 0.3 is 0 Å². The second-order valence-electron chi connectivity index (χ2n) is 5.89. The van der Waals surface area contributed by atoms with E-state index in [1.54, 1.807) is 24.3 Å². The molecule has 0 radical (unpaired) electrons. The van der Waals surface area contributed by atoms with E-state index in [1.807, 2.05) is 6.92 Å². The molecule has 1 aliphatic heterocycles. The first-order valence-corrected chi connectivity index (χ1v) is 8.95. The van der Waals surface area contributed by atoms with E-state index < -0.39 is 10.0 Å². The summed E-state index contributed by atoms with van der Waals surface area (Å²) in [6.45, 7) is 3.45. The van der Waals surface area contributed by atoms with E-state index in [0.29, 0.717) is 42.2 Å². The fourth-order valence-electron chi connectivity index (χ4n) is 3.06. The number of benzene rings is 1. The van der Waals surface area contributed by atoms with Crippen LogP contribution in [-0.4, -0.2) is 38.5 Å². The first-order chi connectivity index (χ1) is 10.0. The molecule has 1 aliphatic carbocycles. The van der Waals surface area contributed by atoms with Gasteiger partial charge in [0.05, 0.1) is 11.5 Å². The van der Waals surface area contributed by atoms with Crippen LogP contribution in [0.2, 0.25) is 0 Å². The Morgan fingerprint density at radius 2 is 1.90 bits per heavy atom. The maximum atomic E-state index is 12.7. The van der Waals surface area contributed by atoms with Crippen molar-refractivity contribution in [2.75, 3.05) is 19.7 Å². The van der Waals surface area contributed by atoms with Crippen molar-refractivity contribution in [1.29, 1.82) is 0 Å². The molecule has 0 amide bonds. The van der Waals surface area contributed by atoms with Crippen molar-refractivity contribution in [2.45, 2.75) is 30.7 Å². The number of rotatable bonds is 5. The number of hydrogen-bond acceptors (Lipinski definition) is 4. The Morgan fingerprint density at radius 1 is 1.24 bits per heavy atom. The highest BCUT2D eigenvalue weighted by atomic mass is 32.2. The summed E-state index contributed by atoms with van der Waals surface area (Å²) in [6.07, 6.45) is 2.38. The summed E-state index contributed by atoms with van der Waals surface area (Å²) in [5.41, 5.74) is 6.12. The predicted molar refractivity (Wildman–Crippen MR) is 80.6 cm³/mol. The molecule has 0 unspecified atom stereocenters. The molecule has 1 saturated heterocycles. The van der Waals surface area contributed by atoms with Crippen LogP contribution in [0.4, 0.5) is 0 Å². The van der Waals surface area contributed by atoms with Gasteiger partial charge in [0.1, 0.15) is 5.75 Å². The molecule has 0 spiro atoms. The zero-order valence-electron chi connectivity index (χ0n) is 12.2. The smallest absolute Gasteiger partial charge is 0.243 e. The van der Waals surface area contributed by atoms with Crippen molar-refractivity contribution < 1.29 is 13.2 Å². The molecule has 1 aromatic carbocycles. The van der Waals surface area contributed by atoms with Gasteiger partial charge in [-0.15, -0.1) is 0 Å². The molecule has 116 valence electrons. The number of nitrogens with two attached hydrogens (primary N) is 1. The van der Waals surface area contributed by atoms with E-state index in [1.165, 1.54) is 17.1 Å². The molecule has 2 atom stereocenters. The Balaban J connectivity index is 1.77. The topological polar surface area (TPSA) is 72.6 Å². The molecule has 3 rings (SSSR count). The maximum Gasteiger partial charge on any atom is 0.243 e. The van der Waals surface area contributed by atoms with Crippen LogP contribution in [0, 0.1) is 11.8 Å². The summed E-state index contributed by atoms with van der Waals surface area (Å²) in [5.74, 6) is 1.63. The molecular weight excluding hydrogens is 288 g/mol. The minimum atomic E-state index is -3.44. The van der Waals surface area contributed by atoms with Crippen LogP contribution in [0.15, 0.2) is 29.2 Å². The molecule has 2 aliphatic rings. The average Bonchev–Trinajstić information content (AvgIpc) is 3.22. The monoisotopic (exact) mass is 310 g/mol. The van der Waals surface area contributed by atoms with E-state index >= 15 is 0 Å². The van der Waals surface area contributed by atoms with Gasteiger partial charge in [-0.25, -0.2) is 8.42 Å². The highest BCUT2D eigenvalue weighted by Gasteiger charge is 2.44. The van der Waals surface area contributed by atoms with Crippen molar-refractivity contribution in [1.82, 2.24) is 4.31 Å². The van der Waals surface area contributed by atoms with Gasteiger partial charge in [0, 0.05) is 19.1 Å². The van der Waals surface area contributed by atoms with Gasteiger partial charge in [-0.1, -0.05) is 0 Å². The third-order valence-electron chi connectivity index (χ3n) is 4.38. The molecule has 0 aromatic heterocycles. The molecule has 6 heteroatoms. The summed E-state index contributed by atoms with van der Waals surface area (Å²) < 4.78 is 32.2. The van der Waals surface area contributed by atoms with E-state index in [4.69, 9.17) is 10.5 Å². The molecule has 21 heavy (non-hydrogen) atoms. The van der Waals surface area contributed by atoms with Crippen molar-refractivity contribution in [2.24, 2.45) is 17.6 Å². The van der Waals surface area contributed by atoms with Crippen LogP contribution in [0.5, 0.6) is 5.75 Å². The van der Waals surface area contributed by atoms with E-state index in [0.717, 1.165) is 0 Å².